The van der Waals surface area contributed by atoms with Crippen LogP contribution in [0, 0.1) is 5.92 Å². The van der Waals surface area contributed by atoms with Gasteiger partial charge >= 0.3 is 0 Å². The topological polar surface area (TPSA) is 9.23 Å². The third-order valence-corrected chi connectivity index (χ3v) is 4.65. The molecule has 1 aliphatic heterocycles. The van der Waals surface area contributed by atoms with Crippen LogP contribution in [0.25, 0.3) is 0 Å². The standard InChI is InChI=1S/C9H18OS2/c1-7(5-11)6-12-9-3-4-10-8(9)2/h7-9,11H,3-6H2,1-2H3. The molecule has 1 rings (SSSR count). The predicted molar refractivity (Wildman–Crippen MR) is 59.3 cm³/mol. The Morgan fingerprint density at radius 1 is 1.67 bits per heavy atom. The highest BCUT2D eigenvalue weighted by Crippen LogP contribution is 2.27. The Morgan fingerprint density at radius 2 is 2.42 bits per heavy atom. The summed E-state index contributed by atoms with van der Waals surface area (Å²) in [7, 11) is 0. The number of hydrogen-bond acceptors (Lipinski definition) is 3. The Labute approximate surface area is 85.0 Å². The van der Waals surface area contributed by atoms with Crippen molar-refractivity contribution >= 4 is 24.4 Å². The first-order valence-corrected chi connectivity index (χ1v) is 6.26. The van der Waals surface area contributed by atoms with Gasteiger partial charge in [0.05, 0.1) is 6.10 Å². The molecule has 3 unspecified atom stereocenters. The van der Waals surface area contributed by atoms with E-state index in [2.05, 4.69) is 38.2 Å². The molecule has 12 heavy (non-hydrogen) atoms. The molecule has 0 radical (unpaired) electrons. The Bertz CT molecular complexity index is 130. The van der Waals surface area contributed by atoms with Gasteiger partial charge in [-0.1, -0.05) is 6.92 Å². The lowest BCUT2D eigenvalue weighted by Crippen LogP contribution is -2.15. The molecule has 0 amide bonds. The van der Waals surface area contributed by atoms with E-state index >= 15 is 0 Å². The fourth-order valence-corrected chi connectivity index (χ4v) is 2.88. The van der Waals surface area contributed by atoms with Crippen molar-refractivity contribution in [1.82, 2.24) is 0 Å². The molecule has 0 aromatic rings. The maximum atomic E-state index is 5.49. The van der Waals surface area contributed by atoms with Gasteiger partial charge < -0.3 is 4.74 Å². The molecular formula is C9H18OS2. The average Bonchev–Trinajstić information content (AvgIpc) is 2.47. The van der Waals surface area contributed by atoms with Crippen molar-refractivity contribution in [2.45, 2.75) is 31.6 Å². The predicted octanol–water partition coefficient (Wildman–Crippen LogP) is 2.46. The Morgan fingerprint density at radius 3 is 2.92 bits per heavy atom. The summed E-state index contributed by atoms with van der Waals surface area (Å²) in [5, 5.41) is 0.729. The van der Waals surface area contributed by atoms with E-state index in [-0.39, 0.29) is 0 Å². The molecule has 0 aliphatic carbocycles. The zero-order valence-electron chi connectivity index (χ0n) is 7.82. The first kappa shape index (κ1) is 10.7. The van der Waals surface area contributed by atoms with Crippen molar-refractivity contribution in [2.24, 2.45) is 5.92 Å². The van der Waals surface area contributed by atoms with Crippen LogP contribution in [0.3, 0.4) is 0 Å². The van der Waals surface area contributed by atoms with E-state index in [0.717, 1.165) is 23.5 Å². The van der Waals surface area contributed by atoms with Gasteiger partial charge in [0.15, 0.2) is 0 Å². The molecule has 0 aromatic carbocycles. The summed E-state index contributed by atoms with van der Waals surface area (Å²) in [5.41, 5.74) is 0. The molecular weight excluding hydrogens is 188 g/mol. The molecule has 0 bridgehead atoms. The van der Waals surface area contributed by atoms with Gasteiger partial charge in [-0.3, -0.25) is 0 Å². The molecule has 1 aliphatic rings. The van der Waals surface area contributed by atoms with Crippen molar-refractivity contribution in [2.75, 3.05) is 18.1 Å². The maximum Gasteiger partial charge on any atom is 0.0666 e. The van der Waals surface area contributed by atoms with Gasteiger partial charge in [0, 0.05) is 11.9 Å². The lowest BCUT2D eigenvalue weighted by atomic mass is 10.2. The zero-order chi connectivity index (χ0) is 8.97. The van der Waals surface area contributed by atoms with Crippen molar-refractivity contribution in [3.05, 3.63) is 0 Å². The van der Waals surface area contributed by atoms with Gasteiger partial charge in [0.25, 0.3) is 0 Å². The summed E-state index contributed by atoms with van der Waals surface area (Å²) < 4.78 is 5.49. The average molecular weight is 206 g/mol. The van der Waals surface area contributed by atoms with Gasteiger partial charge in [-0.05, 0) is 30.8 Å². The quantitative estimate of drug-likeness (QED) is 0.708. The SMILES string of the molecule is CC(CS)CSC1CCOC1C. The second-order valence-corrected chi connectivity index (χ2v) is 5.16. The highest BCUT2D eigenvalue weighted by atomic mass is 32.2. The summed E-state index contributed by atoms with van der Waals surface area (Å²) in [6.07, 6.45) is 1.69. The number of thiol groups is 1. The molecule has 0 aromatic heterocycles. The van der Waals surface area contributed by atoms with E-state index in [4.69, 9.17) is 4.74 Å². The van der Waals surface area contributed by atoms with Crippen molar-refractivity contribution in [3.8, 4) is 0 Å². The minimum Gasteiger partial charge on any atom is -0.377 e. The number of thioether (sulfide) groups is 1. The number of hydrogen-bond donors (Lipinski definition) is 1. The maximum absolute atomic E-state index is 5.49. The van der Waals surface area contributed by atoms with E-state index in [1.54, 1.807) is 0 Å². The van der Waals surface area contributed by atoms with Crippen LogP contribution in [0.4, 0.5) is 0 Å². The van der Waals surface area contributed by atoms with Gasteiger partial charge in [-0.2, -0.15) is 24.4 Å². The Hall–Kier alpha value is 0.660. The van der Waals surface area contributed by atoms with E-state index in [1.165, 1.54) is 12.2 Å². The van der Waals surface area contributed by atoms with Crippen molar-refractivity contribution in [3.63, 3.8) is 0 Å². The van der Waals surface area contributed by atoms with Crippen LogP contribution < -0.4 is 0 Å². The fourth-order valence-electron chi connectivity index (χ4n) is 1.27. The normalized spacial score (nSPS) is 32.2. The number of rotatable bonds is 4. The molecule has 1 fully saturated rings. The lowest BCUT2D eigenvalue weighted by Gasteiger charge is -2.15. The van der Waals surface area contributed by atoms with Gasteiger partial charge in [0.1, 0.15) is 0 Å². The second kappa shape index (κ2) is 5.40. The summed E-state index contributed by atoms with van der Waals surface area (Å²) in [4.78, 5) is 0. The van der Waals surface area contributed by atoms with Crippen molar-refractivity contribution < 1.29 is 4.74 Å². The highest BCUT2D eigenvalue weighted by molar-refractivity contribution is 8.00. The van der Waals surface area contributed by atoms with Gasteiger partial charge in [0.2, 0.25) is 0 Å². The molecule has 0 spiro atoms. The van der Waals surface area contributed by atoms with Gasteiger partial charge in [-0.25, -0.2) is 0 Å². The van der Waals surface area contributed by atoms with Crippen LogP contribution in [-0.2, 0) is 4.74 Å². The zero-order valence-corrected chi connectivity index (χ0v) is 9.54. The summed E-state index contributed by atoms with van der Waals surface area (Å²) in [6, 6.07) is 0. The summed E-state index contributed by atoms with van der Waals surface area (Å²) >= 11 is 6.32. The lowest BCUT2D eigenvalue weighted by molar-refractivity contribution is 0.127. The first-order chi connectivity index (χ1) is 5.74. The minimum atomic E-state index is 0.460. The summed E-state index contributed by atoms with van der Waals surface area (Å²) in [6.45, 7) is 5.38. The molecule has 3 heteroatoms. The van der Waals surface area contributed by atoms with Crippen LogP contribution in [0.5, 0.6) is 0 Å². The molecule has 1 nitrogen and oxygen atoms in total. The molecule has 0 N–H and O–H groups in total. The van der Waals surface area contributed by atoms with Crippen LogP contribution >= 0.6 is 24.4 Å². The third kappa shape index (κ3) is 3.19. The Balaban J connectivity index is 2.13. The highest BCUT2D eigenvalue weighted by Gasteiger charge is 2.24. The van der Waals surface area contributed by atoms with E-state index in [1.807, 2.05) is 0 Å². The molecule has 0 saturated carbocycles. The van der Waals surface area contributed by atoms with E-state index in [9.17, 15) is 0 Å². The molecule has 1 heterocycles. The first-order valence-electron chi connectivity index (χ1n) is 4.58. The summed E-state index contributed by atoms with van der Waals surface area (Å²) in [5.74, 6) is 2.95. The van der Waals surface area contributed by atoms with Crippen LogP contribution in [0.2, 0.25) is 0 Å². The van der Waals surface area contributed by atoms with Crippen molar-refractivity contribution in [1.29, 1.82) is 0 Å². The van der Waals surface area contributed by atoms with Crippen LogP contribution in [-0.4, -0.2) is 29.5 Å². The molecule has 1 saturated heterocycles. The molecule has 72 valence electrons. The number of ether oxygens (including phenoxy) is 1. The minimum absolute atomic E-state index is 0.460. The smallest absolute Gasteiger partial charge is 0.0666 e. The van der Waals surface area contributed by atoms with Gasteiger partial charge in [-0.15, -0.1) is 0 Å². The molecule has 3 atom stereocenters. The monoisotopic (exact) mass is 206 g/mol. The largest absolute Gasteiger partial charge is 0.377 e. The van der Waals surface area contributed by atoms with Crippen LogP contribution in [0.1, 0.15) is 20.3 Å². The fraction of sp³-hybridized carbons (Fsp3) is 1.00. The third-order valence-electron chi connectivity index (χ3n) is 2.21. The van der Waals surface area contributed by atoms with E-state index in [0.29, 0.717) is 6.10 Å². The van der Waals surface area contributed by atoms with Crippen LogP contribution in [0.15, 0.2) is 0 Å². The second-order valence-electron chi connectivity index (χ2n) is 3.52. The Kier molecular flexibility index (Phi) is 4.84. The van der Waals surface area contributed by atoms with E-state index < -0.39 is 0 Å².